The number of nitrogens with zero attached hydrogens (tertiary/aromatic N) is 3. The third-order valence-corrected chi connectivity index (χ3v) is 8.01. The highest BCUT2D eigenvalue weighted by atomic mass is 32.2. The number of hydrogen-bond acceptors (Lipinski definition) is 5. The van der Waals surface area contributed by atoms with E-state index in [-0.39, 0.29) is 17.7 Å². The molecule has 1 aromatic rings. The molecule has 1 N–H and O–H groups in total. The second kappa shape index (κ2) is 11.4. The van der Waals surface area contributed by atoms with Crippen LogP contribution in [0.25, 0.3) is 0 Å². The second-order valence-corrected chi connectivity index (χ2v) is 10.5. The van der Waals surface area contributed by atoms with E-state index in [1.165, 1.54) is 31.0 Å². The molecule has 7 nitrogen and oxygen atoms in total. The molecule has 0 bridgehead atoms. The van der Waals surface area contributed by atoms with Gasteiger partial charge in [-0.05, 0) is 37.8 Å². The summed E-state index contributed by atoms with van der Waals surface area (Å²) < 4.78 is 0. The van der Waals surface area contributed by atoms with Crippen LogP contribution in [0.4, 0.5) is 0 Å². The zero-order valence-electron chi connectivity index (χ0n) is 19.6. The van der Waals surface area contributed by atoms with E-state index in [2.05, 4.69) is 10.2 Å². The summed E-state index contributed by atoms with van der Waals surface area (Å²) in [5.74, 6) is 0.573. The van der Waals surface area contributed by atoms with Crippen LogP contribution in [-0.2, 0) is 9.59 Å². The third kappa shape index (κ3) is 6.73. The minimum Gasteiger partial charge on any atom is -0.352 e. The number of piperazine rings is 1. The topological polar surface area (TPSA) is 73.0 Å². The molecule has 0 unspecified atom stereocenters. The van der Waals surface area contributed by atoms with Crippen molar-refractivity contribution in [2.24, 2.45) is 0 Å². The molecule has 2 aliphatic carbocycles. The first-order chi connectivity index (χ1) is 16.0. The van der Waals surface area contributed by atoms with E-state index in [1.54, 1.807) is 0 Å². The van der Waals surface area contributed by atoms with Crippen molar-refractivity contribution >= 4 is 29.5 Å². The molecule has 0 radical (unpaired) electrons. The molecule has 4 rings (SSSR count). The molecule has 3 aliphatic rings. The van der Waals surface area contributed by atoms with E-state index < -0.39 is 0 Å². The van der Waals surface area contributed by atoms with Gasteiger partial charge in [-0.3, -0.25) is 19.3 Å². The van der Waals surface area contributed by atoms with Gasteiger partial charge in [-0.1, -0.05) is 31.4 Å². The van der Waals surface area contributed by atoms with Crippen LogP contribution < -0.4 is 5.32 Å². The Bertz CT molecular complexity index is 846. The maximum Gasteiger partial charge on any atom is 0.255 e. The number of hydrogen-bond donors (Lipinski definition) is 1. The van der Waals surface area contributed by atoms with Crippen molar-refractivity contribution in [2.45, 2.75) is 61.9 Å². The second-order valence-electron chi connectivity index (χ2n) is 9.49. The highest BCUT2D eigenvalue weighted by Crippen LogP contribution is 2.27. The van der Waals surface area contributed by atoms with Gasteiger partial charge >= 0.3 is 0 Å². The Morgan fingerprint density at radius 2 is 1.70 bits per heavy atom. The smallest absolute Gasteiger partial charge is 0.255 e. The van der Waals surface area contributed by atoms with Crippen molar-refractivity contribution in [3.8, 4) is 0 Å². The Labute approximate surface area is 201 Å². The molecule has 1 saturated heterocycles. The van der Waals surface area contributed by atoms with Crippen LogP contribution in [0.2, 0.25) is 0 Å². The number of carbonyl (C=O) groups excluding carboxylic acids is 3. The first-order valence-corrected chi connectivity index (χ1v) is 13.3. The predicted molar refractivity (Wildman–Crippen MR) is 130 cm³/mol. The lowest BCUT2D eigenvalue weighted by atomic mass is 9.94. The SMILES string of the molecule is CN(C(=O)CSc1ccccc1C(=O)N1CCN(CC(=O)NC2CC2)CC1)C1CCCCC1. The molecule has 0 spiro atoms. The molecule has 2 saturated carbocycles. The molecule has 1 aromatic carbocycles. The lowest BCUT2D eigenvalue weighted by Gasteiger charge is -2.34. The van der Waals surface area contributed by atoms with E-state index in [1.807, 2.05) is 41.1 Å². The van der Waals surface area contributed by atoms with Gasteiger partial charge in [-0.2, -0.15) is 0 Å². The normalized spacial score (nSPS) is 19.8. The minimum atomic E-state index is 0.00765. The standard InChI is InChI=1S/C25H36N4O3S/c1-27(20-7-3-2-4-8-20)24(31)18-33-22-10-6-5-9-21(22)25(32)29-15-13-28(14-16-29)17-23(30)26-19-11-12-19/h5-6,9-10,19-20H,2-4,7-8,11-18H2,1H3,(H,26,30). The summed E-state index contributed by atoms with van der Waals surface area (Å²) in [5, 5.41) is 3.03. The van der Waals surface area contributed by atoms with Crippen LogP contribution in [0.5, 0.6) is 0 Å². The fourth-order valence-electron chi connectivity index (χ4n) is 4.67. The maximum atomic E-state index is 13.2. The molecule has 0 aromatic heterocycles. The molecule has 33 heavy (non-hydrogen) atoms. The lowest BCUT2D eigenvalue weighted by molar-refractivity contribution is -0.129. The molecule has 3 fully saturated rings. The van der Waals surface area contributed by atoms with Gasteiger partial charge in [-0.15, -0.1) is 11.8 Å². The third-order valence-electron chi connectivity index (χ3n) is 6.95. The van der Waals surface area contributed by atoms with Crippen LogP contribution in [0, 0.1) is 0 Å². The van der Waals surface area contributed by atoms with E-state index >= 15 is 0 Å². The predicted octanol–water partition coefficient (Wildman–Crippen LogP) is 2.61. The van der Waals surface area contributed by atoms with Crippen molar-refractivity contribution in [1.29, 1.82) is 0 Å². The van der Waals surface area contributed by atoms with Crippen LogP contribution >= 0.6 is 11.8 Å². The van der Waals surface area contributed by atoms with Crippen LogP contribution in [-0.4, -0.2) is 90.0 Å². The molecule has 1 aliphatic heterocycles. The van der Waals surface area contributed by atoms with Gasteiger partial charge in [0.15, 0.2) is 0 Å². The summed E-state index contributed by atoms with van der Waals surface area (Å²) in [5.41, 5.74) is 0.663. The lowest BCUT2D eigenvalue weighted by Crippen LogP contribution is -2.51. The van der Waals surface area contributed by atoms with Gasteiger partial charge in [0.2, 0.25) is 11.8 Å². The number of rotatable bonds is 8. The Hall–Kier alpha value is -2.06. The molecule has 8 heteroatoms. The van der Waals surface area contributed by atoms with Gasteiger partial charge in [0.05, 0.1) is 17.9 Å². The number of amides is 3. The average molecular weight is 473 g/mol. The molecular formula is C25H36N4O3S. The maximum absolute atomic E-state index is 13.2. The zero-order valence-corrected chi connectivity index (χ0v) is 20.4. The van der Waals surface area contributed by atoms with E-state index in [0.717, 1.165) is 30.6 Å². The Balaban J connectivity index is 1.28. The van der Waals surface area contributed by atoms with Crippen molar-refractivity contribution in [3.63, 3.8) is 0 Å². The summed E-state index contributed by atoms with van der Waals surface area (Å²) >= 11 is 1.46. The monoisotopic (exact) mass is 472 g/mol. The van der Waals surface area contributed by atoms with Gasteiger partial charge in [0, 0.05) is 50.2 Å². The number of carbonyl (C=O) groups is 3. The summed E-state index contributed by atoms with van der Waals surface area (Å²) in [6.45, 7) is 3.02. The van der Waals surface area contributed by atoms with Crippen molar-refractivity contribution in [2.75, 3.05) is 45.5 Å². The Kier molecular flexibility index (Phi) is 8.30. The zero-order chi connectivity index (χ0) is 23.2. The number of benzene rings is 1. The number of thioether (sulfide) groups is 1. The van der Waals surface area contributed by atoms with E-state index in [0.29, 0.717) is 56.1 Å². The van der Waals surface area contributed by atoms with Crippen molar-refractivity contribution in [1.82, 2.24) is 20.0 Å². The number of nitrogens with one attached hydrogen (secondary N) is 1. The molecular weight excluding hydrogens is 436 g/mol. The molecule has 180 valence electrons. The summed E-state index contributed by atoms with van der Waals surface area (Å²) in [7, 11) is 1.92. The van der Waals surface area contributed by atoms with Crippen molar-refractivity contribution < 1.29 is 14.4 Å². The van der Waals surface area contributed by atoms with Crippen LogP contribution in [0.15, 0.2) is 29.2 Å². The van der Waals surface area contributed by atoms with Gasteiger partial charge in [-0.25, -0.2) is 0 Å². The fraction of sp³-hybridized carbons (Fsp3) is 0.640. The molecule has 3 amide bonds. The van der Waals surface area contributed by atoms with Gasteiger partial charge in [0.25, 0.3) is 5.91 Å². The quantitative estimate of drug-likeness (QED) is 0.589. The summed E-state index contributed by atoms with van der Waals surface area (Å²) in [4.78, 5) is 44.8. The highest BCUT2D eigenvalue weighted by molar-refractivity contribution is 8.00. The first-order valence-electron chi connectivity index (χ1n) is 12.3. The molecule has 0 atom stereocenters. The van der Waals surface area contributed by atoms with Crippen molar-refractivity contribution in [3.05, 3.63) is 29.8 Å². The largest absolute Gasteiger partial charge is 0.352 e. The van der Waals surface area contributed by atoms with Gasteiger partial charge in [0.1, 0.15) is 0 Å². The molecule has 1 heterocycles. The summed E-state index contributed by atoms with van der Waals surface area (Å²) in [6, 6.07) is 8.33. The summed E-state index contributed by atoms with van der Waals surface area (Å²) in [6.07, 6.45) is 8.04. The Morgan fingerprint density at radius 3 is 2.39 bits per heavy atom. The van der Waals surface area contributed by atoms with E-state index in [4.69, 9.17) is 0 Å². The van der Waals surface area contributed by atoms with Crippen LogP contribution in [0.1, 0.15) is 55.3 Å². The minimum absolute atomic E-state index is 0.00765. The van der Waals surface area contributed by atoms with Gasteiger partial charge < -0.3 is 15.1 Å². The highest BCUT2D eigenvalue weighted by Gasteiger charge is 2.28. The average Bonchev–Trinajstić information content (AvgIpc) is 3.66. The van der Waals surface area contributed by atoms with E-state index in [9.17, 15) is 14.4 Å². The Morgan fingerprint density at radius 1 is 1.00 bits per heavy atom. The van der Waals surface area contributed by atoms with Crippen LogP contribution in [0.3, 0.4) is 0 Å². The first kappa shape index (κ1) is 24.1. The fourth-order valence-corrected chi connectivity index (χ4v) is 5.63.